The summed E-state index contributed by atoms with van der Waals surface area (Å²) in [5.41, 5.74) is 0.213. The van der Waals surface area contributed by atoms with E-state index in [4.69, 9.17) is 0 Å². The van der Waals surface area contributed by atoms with Crippen molar-refractivity contribution in [2.75, 3.05) is 19.6 Å². The van der Waals surface area contributed by atoms with Crippen LogP contribution in [0.3, 0.4) is 0 Å². The average molecular weight is 511 g/mol. The standard InChI is InChI=1S/C29H38N2O4S/c1-28(2,3)20-13-15-23(16-14-20)36(34,35)31-18-25-24(26(25)19-31)17-30-27(32)29(33,22-11-7-8-12-22)21-9-5-4-6-10-21/h4-6,9-10,13-16,22,24-26,33H,7-8,11-12,17-19H2,1-3H3,(H,30,32)/t24?,25-,26?,29?/m1/s1. The van der Waals surface area contributed by atoms with E-state index in [-0.39, 0.29) is 35.0 Å². The molecule has 3 unspecified atom stereocenters. The number of hydrogen-bond donors (Lipinski definition) is 2. The summed E-state index contributed by atoms with van der Waals surface area (Å²) in [6.07, 6.45) is 3.75. The zero-order valence-corrected chi connectivity index (χ0v) is 22.3. The Morgan fingerprint density at radius 1 is 0.944 bits per heavy atom. The first kappa shape index (κ1) is 25.4. The van der Waals surface area contributed by atoms with Gasteiger partial charge in [-0.1, -0.05) is 76.1 Å². The number of hydrogen-bond acceptors (Lipinski definition) is 4. The van der Waals surface area contributed by atoms with Crippen molar-refractivity contribution in [3.63, 3.8) is 0 Å². The number of piperidine rings is 1. The summed E-state index contributed by atoms with van der Waals surface area (Å²) in [6, 6.07) is 16.5. The molecule has 7 heteroatoms. The maximum Gasteiger partial charge on any atom is 0.256 e. The van der Waals surface area contributed by atoms with Gasteiger partial charge in [0, 0.05) is 25.6 Å². The molecule has 0 radical (unpaired) electrons. The van der Waals surface area contributed by atoms with Crippen LogP contribution in [-0.4, -0.2) is 43.4 Å². The van der Waals surface area contributed by atoms with Crippen molar-refractivity contribution in [3.8, 4) is 0 Å². The van der Waals surface area contributed by atoms with E-state index in [2.05, 4.69) is 26.1 Å². The summed E-state index contributed by atoms with van der Waals surface area (Å²) < 4.78 is 28.0. The second-order valence-electron chi connectivity index (χ2n) is 11.9. The molecular formula is C29H38N2O4S. The van der Waals surface area contributed by atoms with Crippen LogP contribution >= 0.6 is 0 Å². The Morgan fingerprint density at radius 3 is 2.08 bits per heavy atom. The van der Waals surface area contributed by atoms with E-state index in [1.165, 1.54) is 0 Å². The molecule has 2 aromatic rings. The fraction of sp³-hybridized carbons (Fsp3) is 0.552. The van der Waals surface area contributed by atoms with E-state index < -0.39 is 15.6 Å². The lowest BCUT2D eigenvalue weighted by atomic mass is 9.79. The average Bonchev–Trinajstić information content (AvgIpc) is 3.26. The lowest BCUT2D eigenvalue weighted by molar-refractivity contribution is -0.147. The van der Waals surface area contributed by atoms with Crippen molar-refractivity contribution in [1.82, 2.24) is 9.62 Å². The first-order chi connectivity index (χ1) is 17.0. The predicted molar refractivity (Wildman–Crippen MR) is 140 cm³/mol. The number of benzene rings is 2. The van der Waals surface area contributed by atoms with Crippen LogP contribution in [0.15, 0.2) is 59.5 Å². The largest absolute Gasteiger partial charge is 0.375 e. The number of fused-ring (bicyclic) bond motifs is 1. The highest BCUT2D eigenvalue weighted by molar-refractivity contribution is 7.89. The monoisotopic (exact) mass is 510 g/mol. The predicted octanol–water partition coefficient (Wildman–Crippen LogP) is 4.04. The van der Waals surface area contributed by atoms with Crippen molar-refractivity contribution in [3.05, 3.63) is 65.7 Å². The molecule has 1 aliphatic heterocycles. The molecule has 5 rings (SSSR count). The molecule has 0 aromatic heterocycles. The lowest BCUT2D eigenvalue weighted by Gasteiger charge is -2.33. The molecule has 0 spiro atoms. The molecule has 1 saturated heterocycles. The zero-order chi connectivity index (χ0) is 25.7. The van der Waals surface area contributed by atoms with Gasteiger partial charge in [-0.2, -0.15) is 4.31 Å². The van der Waals surface area contributed by atoms with Crippen LogP contribution < -0.4 is 5.32 Å². The van der Waals surface area contributed by atoms with Gasteiger partial charge in [-0.15, -0.1) is 0 Å². The molecule has 0 bridgehead atoms. The number of carbonyl (C=O) groups is 1. The van der Waals surface area contributed by atoms with Gasteiger partial charge in [0.05, 0.1) is 4.90 Å². The van der Waals surface area contributed by atoms with Gasteiger partial charge in [0.25, 0.3) is 5.91 Å². The third-order valence-corrected chi connectivity index (χ3v) is 10.5. The van der Waals surface area contributed by atoms with Crippen molar-refractivity contribution < 1.29 is 18.3 Å². The van der Waals surface area contributed by atoms with Crippen molar-refractivity contribution in [2.24, 2.45) is 23.7 Å². The lowest BCUT2D eigenvalue weighted by Crippen LogP contribution is -2.49. The van der Waals surface area contributed by atoms with Gasteiger partial charge in [0.15, 0.2) is 5.60 Å². The molecule has 36 heavy (non-hydrogen) atoms. The topological polar surface area (TPSA) is 86.7 Å². The van der Waals surface area contributed by atoms with Crippen LogP contribution in [0.2, 0.25) is 0 Å². The summed E-state index contributed by atoms with van der Waals surface area (Å²) in [4.78, 5) is 13.7. The Kier molecular flexibility index (Phi) is 6.54. The number of nitrogens with zero attached hydrogens (tertiary/aromatic N) is 1. The minimum atomic E-state index is -3.52. The van der Waals surface area contributed by atoms with E-state index in [0.717, 1.165) is 31.2 Å². The molecule has 2 aromatic carbocycles. The van der Waals surface area contributed by atoms with E-state index in [1.807, 2.05) is 42.5 Å². The highest BCUT2D eigenvalue weighted by atomic mass is 32.2. The maximum atomic E-state index is 13.3. The van der Waals surface area contributed by atoms with Crippen LogP contribution in [0, 0.1) is 23.7 Å². The Bertz CT molecular complexity index is 1190. The maximum absolute atomic E-state index is 13.3. The van der Waals surface area contributed by atoms with Gasteiger partial charge in [-0.05, 0) is 59.3 Å². The van der Waals surface area contributed by atoms with E-state index in [0.29, 0.717) is 30.1 Å². The van der Waals surface area contributed by atoms with E-state index in [9.17, 15) is 18.3 Å². The summed E-state index contributed by atoms with van der Waals surface area (Å²) in [7, 11) is -3.52. The summed E-state index contributed by atoms with van der Waals surface area (Å²) in [5.74, 6) is 0.362. The smallest absolute Gasteiger partial charge is 0.256 e. The highest BCUT2D eigenvalue weighted by Gasteiger charge is 2.58. The van der Waals surface area contributed by atoms with E-state index in [1.54, 1.807) is 16.4 Å². The van der Waals surface area contributed by atoms with Crippen LogP contribution in [0.1, 0.15) is 57.6 Å². The molecule has 2 saturated carbocycles. The first-order valence-corrected chi connectivity index (χ1v) is 14.6. The SMILES string of the molecule is CC(C)(C)c1ccc(S(=O)(=O)N2CC3C(CNC(=O)C(O)(c4ccccc4)C4CCCC4)[C@H]3C2)cc1. The van der Waals surface area contributed by atoms with Gasteiger partial charge in [-0.25, -0.2) is 8.42 Å². The Labute approximate surface area is 215 Å². The Balaban J connectivity index is 1.20. The second-order valence-corrected chi connectivity index (χ2v) is 13.8. The van der Waals surface area contributed by atoms with Crippen LogP contribution in [0.25, 0.3) is 0 Å². The van der Waals surface area contributed by atoms with Crippen LogP contribution in [0.4, 0.5) is 0 Å². The Hall–Kier alpha value is -2.22. The summed E-state index contributed by atoms with van der Waals surface area (Å²) in [5, 5.41) is 14.7. The minimum Gasteiger partial charge on any atom is -0.375 e. The number of rotatable bonds is 7. The fourth-order valence-corrected chi connectivity index (χ4v) is 7.83. The molecule has 4 atom stereocenters. The zero-order valence-electron chi connectivity index (χ0n) is 21.5. The molecule has 1 amide bonds. The third-order valence-electron chi connectivity index (χ3n) is 8.70. The number of carbonyl (C=O) groups excluding carboxylic acids is 1. The molecule has 2 N–H and O–H groups in total. The van der Waals surface area contributed by atoms with Gasteiger partial charge in [0.1, 0.15) is 0 Å². The molecule has 3 fully saturated rings. The molecule has 3 aliphatic rings. The number of aliphatic hydroxyl groups is 1. The van der Waals surface area contributed by atoms with E-state index >= 15 is 0 Å². The molecule has 1 heterocycles. The molecule has 2 aliphatic carbocycles. The Morgan fingerprint density at radius 2 is 1.53 bits per heavy atom. The van der Waals surface area contributed by atoms with Crippen molar-refractivity contribution in [2.45, 2.75) is 62.4 Å². The summed E-state index contributed by atoms with van der Waals surface area (Å²) >= 11 is 0. The highest BCUT2D eigenvalue weighted by Crippen LogP contribution is 2.52. The third kappa shape index (κ3) is 4.50. The quantitative estimate of drug-likeness (QED) is 0.589. The number of amides is 1. The minimum absolute atomic E-state index is 0.0281. The summed E-state index contributed by atoms with van der Waals surface area (Å²) in [6.45, 7) is 7.78. The van der Waals surface area contributed by atoms with Crippen LogP contribution in [-0.2, 0) is 25.8 Å². The van der Waals surface area contributed by atoms with Gasteiger partial charge in [0.2, 0.25) is 10.0 Å². The fourth-order valence-electron chi connectivity index (χ4n) is 6.32. The van der Waals surface area contributed by atoms with Gasteiger partial charge < -0.3 is 10.4 Å². The first-order valence-electron chi connectivity index (χ1n) is 13.2. The van der Waals surface area contributed by atoms with Crippen molar-refractivity contribution >= 4 is 15.9 Å². The molecule has 6 nitrogen and oxygen atoms in total. The normalized spacial score (nSPS) is 26.4. The van der Waals surface area contributed by atoms with Crippen molar-refractivity contribution in [1.29, 1.82) is 0 Å². The van der Waals surface area contributed by atoms with Gasteiger partial charge in [-0.3, -0.25) is 4.79 Å². The van der Waals surface area contributed by atoms with Gasteiger partial charge >= 0.3 is 0 Å². The second kappa shape index (κ2) is 9.26. The number of sulfonamides is 1. The van der Waals surface area contributed by atoms with Crippen LogP contribution in [0.5, 0.6) is 0 Å². The molecule has 194 valence electrons. The number of nitrogens with one attached hydrogen (secondary N) is 1. The molecular weight excluding hydrogens is 472 g/mol.